The van der Waals surface area contributed by atoms with Gasteiger partial charge >= 0.3 is 0 Å². The minimum Gasteiger partial charge on any atom is -0.355 e. The molecule has 0 saturated carbocycles. The molecule has 0 bridgehead atoms. The maximum absolute atomic E-state index is 7.07. The molecule has 30 heavy (non-hydrogen) atoms. The van der Waals surface area contributed by atoms with Crippen molar-refractivity contribution in [3.63, 3.8) is 0 Å². The minimum atomic E-state index is 0.366. The van der Waals surface area contributed by atoms with E-state index in [1.807, 2.05) is 42.7 Å². The Balaban J connectivity index is 1.31. The summed E-state index contributed by atoms with van der Waals surface area (Å²) in [5, 5.41) is 1.06. The smallest absolute Gasteiger partial charge is 0.187 e. The standard InChI is InChI=1S/C23H21N7/c1-24-18-6-3-16(4-7-18)17-5-8-21(26-13-17)29(2)19-10-12-30(14-19)23-20-9-11-25-22(20)27-15-28-23/h3-9,11,13,15,19H,10,12,14H2,2H3,(H,25,27,28)/t19-/m1/s1. The zero-order chi connectivity index (χ0) is 20.5. The van der Waals surface area contributed by atoms with Crippen LogP contribution in [-0.4, -0.2) is 46.1 Å². The summed E-state index contributed by atoms with van der Waals surface area (Å²) < 4.78 is 0. The zero-order valence-corrected chi connectivity index (χ0v) is 16.7. The van der Waals surface area contributed by atoms with Crippen LogP contribution >= 0.6 is 0 Å². The topological polar surface area (TPSA) is 65.3 Å². The van der Waals surface area contributed by atoms with E-state index in [2.05, 4.69) is 48.8 Å². The van der Waals surface area contributed by atoms with Crippen molar-refractivity contribution in [2.24, 2.45) is 0 Å². The molecule has 7 heteroatoms. The molecule has 5 rings (SSSR count). The highest BCUT2D eigenvalue weighted by molar-refractivity contribution is 5.87. The lowest BCUT2D eigenvalue weighted by molar-refractivity contribution is 0.684. The summed E-state index contributed by atoms with van der Waals surface area (Å²) in [7, 11) is 2.10. The van der Waals surface area contributed by atoms with Gasteiger partial charge in [-0.15, -0.1) is 0 Å². The summed E-state index contributed by atoms with van der Waals surface area (Å²) in [6.45, 7) is 8.93. The maximum atomic E-state index is 7.07. The molecule has 4 aromatic rings. The molecule has 0 amide bonds. The van der Waals surface area contributed by atoms with Gasteiger partial charge in [0.05, 0.1) is 12.0 Å². The summed E-state index contributed by atoms with van der Waals surface area (Å²) in [5.74, 6) is 1.95. The molecule has 1 aromatic carbocycles. The third-order valence-electron chi connectivity index (χ3n) is 5.78. The summed E-state index contributed by atoms with van der Waals surface area (Å²) >= 11 is 0. The third kappa shape index (κ3) is 3.22. The van der Waals surface area contributed by atoms with E-state index in [-0.39, 0.29) is 0 Å². The Kier molecular flexibility index (Phi) is 4.52. The van der Waals surface area contributed by atoms with Crippen LogP contribution in [0.4, 0.5) is 17.3 Å². The van der Waals surface area contributed by atoms with Crippen LogP contribution in [-0.2, 0) is 0 Å². The molecule has 1 aliphatic rings. The summed E-state index contributed by atoms with van der Waals surface area (Å²) in [6, 6.07) is 14.2. The van der Waals surface area contributed by atoms with Gasteiger partial charge in [0.15, 0.2) is 5.69 Å². The second kappa shape index (κ2) is 7.48. The minimum absolute atomic E-state index is 0.366. The highest BCUT2D eigenvalue weighted by Crippen LogP contribution is 2.29. The SMILES string of the molecule is [C-]#[N+]c1ccc(-c2ccc(N(C)[C@@H]3CCN(c4ncnc5[nH]ccc45)C3)nc2)cc1. The van der Waals surface area contributed by atoms with Gasteiger partial charge in [-0.25, -0.2) is 19.8 Å². The first-order valence-electron chi connectivity index (χ1n) is 9.93. The maximum Gasteiger partial charge on any atom is 0.187 e. The van der Waals surface area contributed by atoms with E-state index in [0.717, 1.165) is 53.3 Å². The van der Waals surface area contributed by atoms with Crippen molar-refractivity contribution < 1.29 is 0 Å². The van der Waals surface area contributed by atoms with Gasteiger partial charge in [-0.1, -0.05) is 24.3 Å². The van der Waals surface area contributed by atoms with Gasteiger partial charge in [0.2, 0.25) is 0 Å². The number of hydrogen-bond acceptors (Lipinski definition) is 5. The average Bonchev–Trinajstić information content (AvgIpc) is 3.48. The van der Waals surface area contributed by atoms with Crippen molar-refractivity contribution >= 4 is 28.4 Å². The van der Waals surface area contributed by atoms with Gasteiger partial charge in [-0.2, -0.15) is 0 Å². The lowest BCUT2D eigenvalue weighted by Gasteiger charge is -2.26. The van der Waals surface area contributed by atoms with Crippen molar-refractivity contribution in [2.45, 2.75) is 12.5 Å². The predicted molar refractivity (Wildman–Crippen MR) is 119 cm³/mol. The molecular formula is C23H21N7. The molecule has 0 radical (unpaired) electrons. The van der Waals surface area contributed by atoms with Crippen molar-refractivity contribution in [1.82, 2.24) is 19.9 Å². The van der Waals surface area contributed by atoms with E-state index in [0.29, 0.717) is 11.7 Å². The normalized spacial score (nSPS) is 16.0. The van der Waals surface area contributed by atoms with Crippen molar-refractivity contribution in [2.75, 3.05) is 29.9 Å². The molecular weight excluding hydrogens is 374 g/mol. The number of pyridine rings is 1. The third-order valence-corrected chi connectivity index (χ3v) is 5.78. The summed E-state index contributed by atoms with van der Waals surface area (Å²) in [5.41, 5.74) is 3.64. The van der Waals surface area contributed by atoms with Crippen molar-refractivity contribution in [1.29, 1.82) is 0 Å². The highest BCUT2D eigenvalue weighted by Gasteiger charge is 2.28. The molecule has 1 N–H and O–H groups in total. The average molecular weight is 395 g/mol. The first-order valence-corrected chi connectivity index (χ1v) is 9.93. The number of nitrogens with one attached hydrogen (secondary N) is 1. The van der Waals surface area contributed by atoms with E-state index in [9.17, 15) is 0 Å². The van der Waals surface area contributed by atoms with Crippen LogP contribution in [0.25, 0.3) is 27.0 Å². The molecule has 1 saturated heterocycles. The van der Waals surface area contributed by atoms with Crippen LogP contribution in [0.2, 0.25) is 0 Å². The monoisotopic (exact) mass is 395 g/mol. The van der Waals surface area contributed by atoms with Gasteiger partial charge in [0, 0.05) is 44.1 Å². The van der Waals surface area contributed by atoms with Crippen LogP contribution in [0.1, 0.15) is 6.42 Å². The Morgan fingerprint density at radius 1 is 1.07 bits per heavy atom. The number of aromatic nitrogens is 4. The number of anilines is 2. The van der Waals surface area contributed by atoms with E-state index < -0.39 is 0 Å². The second-order valence-electron chi connectivity index (χ2n) is 7.50. The molecule has 0 spiro atoms. The number of H-pyrrole nitrogens is 1. The zero-order valence-electron chi connectivity index (χ0n) is 16.7. The molecule has 1 fully saturated rings. The van der Waals surface area contributed by atoms with Gasteiger partial charge < -0.3 is 14.8 Å². The first-order chi connectivity index (χ1) is 14.7. The number of aromatic amines is 1. The van der Waals surface area contributed by atoms with E-state index in [4.69, 9.17) is 11.6 Å². The quantitative estimate of drug-likeness (QED) is 0.522. The number of nitrogens with zero attached hydrogens (tertiary/aromatic N) is 6. The number of hydrogen-bond donors (Lipinski definition) is 1. The Bertz CT molecular complexity index is 1210. The molecule has 1 aliphatic heterocycles. The van der Waals surface area contributed by atoms with Crippen LogP contribution in [0.3, 0.4) is 0 Å². The van der Waals surface area contributed by atoms with Crippen molar-refractivity contribution in [3.05, 3.63) is 72.6 Å². The van der Waals surface area contributed by atoms with Crippen LogP contribution < -0.4 is 9.80 Å². The van der Waals surface area contributed by atoms with Gasteiger partial charge in [-0.3, -0.25) is 0 Å². The predicted octanol–water partition coefficient (Wildman–Crippen LogP) is 4.29. The number of benzene rings is 1. The van der Waals surface area contributed by atoms with E-state index in [1.54, 1.807) is 6.33 Å². The molecule has 3 aromatic heterocycles. The van der Waals surface area contributed by atoms with Gasteiger partial charge in [0.1, 0.15) is 23.6 Å². The van der Waals surface area contributed by atoms with Crippen LogP contribution in [0.15, 0.2) is 61.2 Å². The molecule has 0 unspecified atom stereocenters. The fourth-order valence-electron chi connectivity index (χ4n) is 4.04. The highest BCUT2D eigenvalue weighted by atomic mass is 15.3. The number of rotatable bonds is 4. The molecule has 0 aliphatic carbocycles. The Morgan fingerprint density at radius 2 is 1.90 bits per heavy atom. The van der Waals surface area contributed by atoms with E-state index >= 15 is 0 Å². The molecule has 148 valence electrons. The largest absolute Gasteiger partial charge is 0.355 e. The summed E-state index contributed by atoms with van der Waals surface area (Å²) in [4.78, 5) is 24.7. The molecule has 1 atom stereocenters. The Morgan fingerprint density at radius 3 is 2.67 bits per heavy atom. The molecule has 4 heterocycles. The lowest BCUT2D eigenvalue weighted by atomic mass is 10.1. The van der Waals surface area contributed by atoms with Crippen LogP contribution in [0.5, 0.6) is 0 Å². The summed E-state index contributed by atoms with van der Waals surface area (Å²) in [6.07, 6.45) is 6.48. The Labute approximate surface area is 174 Å². The van der Waals surface area contributed by atoms with Crippen LogP contribution in [0, 0.1) is 6.57 Å². The van der Waals surface area contributed by atoms with Crippen molar-refractivity contribution in [3.8, 4) is 11.1 Å². The lowest BCUT2D eigenvalue weighted by Crippen LogP contribution is -2.35. The second-order valence-corrected chi connectivity index (χ2v) is 7.50. The number of fused-ring (bicyclic) bond motifs is 1. The Hall–Kier alpha value is -3.92. The fourth-order valence-corrected chi connectivity index (χ4v) is 4.04. The van der Waals surface area contributed by atoms with Gasteiger partial charge in [-0.05, 0) is 30.2 Å². The van der Waals surface area contributed by atoms with Gasteiger partial charge in [0.25, 0.3) is 0 Å². The number of likely N-dealkylation sites (N-methyl/N-ethyl adjacent to an activating group) is 1. The van der Waals surface area contributed by atoms with E-state index in [1.165, 1.54) is 0 Å². The first kappa shape index (κ1) is 18.1. The molecule has 7 nitrogen and oxygen atoms in total. The fraction of sp³-hybridized carbons (Fsp3) is 0.217.